The summed E-state index contributed by atoms with van der Waals surface area (Å²) in [6.45, 7) is 14.6. The molecule has 0 N–H and O–H groups in total. The van der Waals surface area contributed by atoms with Crippen LogP contribution in [-0.2, 0) is 18.3 Å². The van der Waals surface area contributed by atoms with Gasteiger partial charge < -0.3 is 9.80 Å². The molecule has 76 heavy (non-hydrogen) atoms. The van der Waals surface area contributed by atoms with Crippen LogP contribution in [0.5, 0.6) is 0 Å². The minimum Gasteiger partial charge on any atom is -0.310 e. The number of aryl methyl sites for hydroxylation is 3. The highest BCUT2D eigenvalue weighted by Gasteiger charge is 2.46. The molecule has 2 aliphatic rings. The van der Waals surface area contributed by atoms with Crippen LogP contribution in [0.2, 0.25) is 0 Å². The molecule has 0 fully saturated rings. The zero-order valence-corrected chi connectivity index (χ0v) is 44.2. The Balaban J connectivity index is 0.00000288. The van der Waals surface area contributed by atoms with E-state index in [1.165, 1.54) is 105 Å². The van der Waals surface area contributed by atoms with E-state index >= 15 is 0 Å². The highest BCUT2D eigenvalue weighted by Crippen LogP contribution is 2.58. The molecule has 0 radical (unpaired) electrons. The Morgan fingerprint density at radius 2 is 1.09 bits per heavy atom. The lowest BCUT2D eigenvalue weighted by atomic mass is 9.67. The topological polar surface area (TPSA) is 6.48 Å². The van der Waals surface area contributed by atoms with E-state index in [9.17, 15) is 0 Å². The van der Waals surface area contributed by atoms with E-state index in [0.717, 1.165) is 41.1 Å². The smallest absolute Gasteiger partial charge is 0.0714 e. The maximum Gasteiger partial charge on any atom is 0.0714 e. The van der Waals surface area contributed by atoms with Crippen LogP contribution in [0.25, 0.3) is 55.6 Å². The van der Waals surface area contributed by atoms with E-state index in [0.29, 0.717) is 0 Å². The number of rotatable bonds is 10. The van der Waals surface area contributed by atoms with Crippen LogP contribution in [0.1, 0.15) is 77.8 Å². The highest BCUT2D eigenvalue weighted by atomic mass is 15.2. The van der Waals surface area contributed by atoms with E-state index in [1.54, 1.807) is 0 Å². The molecule has 0 atom stereocenters. The minimum atomic E-state index is -0.582. The number of fused-ring (bicyclic) bond motifs is 5. The Kier molecular flexibility index (Phi) is 12.7. The molecule has 2 heteroatoms. The summed E-state index contributed by atoms with van der Waals surface area (Å²) in [5, 5.41) is 7.48. The average molecular weight is 979 g/mol. The lowest BCUT2D eigenvalue weighted by Crippen LogP contribution is -2.29. The Bertz CT molecular complexity index is 3990. The summed E-state index contributed by atoms with van der Waals surface area (Å²) in [6.07, 6.45) is 12.9. The second-order valence-corrected chi connectivity index (χ2v) is 20.0. The Morgan fingerprint density at radius 1 is 0.539 bits per heavy atom. The number of allylic oxidation sites excluding steroid dienone is 4. The standard InChI is InChI=1S/C72H56N2.C2H6/c1-5-19-65(48(3)6-2)74(66-27-16-13-20-49(66)4)69-45-39-55-37-42-59-51(33-36-54-38-43-62(69)71(55)70(54)59)32-30-50-31-41-60-61-44-40-58(73-67-28-17-14-21-52(67)34-35-53-22-15-18-29-68(53)73)47-64(61)72(63(60)46-50,56-23-9-7-10-24-56)57-25-11-8-12-26-57;1-2/h5-33,36-47H,2,34-35H2,1,3-4H3;1-2H3/b19-5-,32-30+,65-48+;. The van der Waals surface area contributed by atoms with Crippen molar-refractivity contribution in [1.82, 2.24) is 0 Å². The third-order valence-corrected chi connectivity index (χ3v) is 15.9. The fourth-order valence-corrected chi connectivity index (χ4v) is 12.5. The second kappa shape index (κ2) is 20.0. The van der Waals surface area contributed by atoms with Crippen molar-refractivity contribution in [3.63, 3.8) is 0 Å². The molecule has 0 spiro atoms. The summed E-state index contributed by atoms with van der Waals surface area (Å²) in [6, 6.07) is 81.8. The zero-order chi connectivity index (χ0) is 51.9. The Labute approximate surface area is 448 Å². The van der Waals surface area contributed by atoms with Crippen LogP contribution < -0.4 is 9.80 Å². The van der Waals surface area contributed by atoms with E-state index in [2.05, 4.69) is 280 Å². The normalized spacial score (nSPS) is 13.7. The van der Waals surface area contributed by atoms with Crippen LogP contribution in [-0.4, -0.2) is 0 Å². The molecule has 0 saturated heterocycles. The third-order valence-electron chi connectivity index (χ3n) is 15.9. The summed E-state index contributed by atoms with van der Waals surface area (Å²) in [5.41, 5.74) is 21.5. The second-order valence-electron chi connectivity index (χ2n) is 20.0. The first kappa shape index (κ1) is 48.0. The van der Waals surface area contributed by atoms with Gasteiger partial charge in [-0.3, -0.25) is 0 Å². The van der Waals surface area contributed by atoms with Gasteiger partial charge >= 0.3 is 0 Å². The van der Waals surface area contributed by atoms with Crippen LogP contribution in [0.15, 0.2) is 254 Å². The molecule has 368 valence electrons. The average Bonchev–Trinajstić information content (AvgIpc) is 3.91. The van der Waals surface area contributed by atoms with Crippen LogP contribution in [0, 0.1) is 6.92 Å². The fraction of sp³-hybridized carbons (Fsp3) is 0.108. The molecule has 0 bridgehead atoms. The number of hydrogen-bond donors (Lipinski definition) is 0. The minimum absolute atomic E-state index is 0.582. The molecule has 1 aliphatic heterocycles. The molecule has 1 heterocycles. The van der Waals surface area contributed by atoms with Crippen molar-refractivity contribution in [2.75, 3.05) is 9.80 Å². The molecule has 1 aliphatic carbocycles. The van der Waals surface area contributed by atoms with Gasteiger partial charge in [-0.1, -0.05) is 221 Å². The summed E-state index contributed by atoms with van der Waals surface area (Å²) in [7, 11) is 0. The fourth-order valence-electron chi connectivity index (χ4n) is 12.5. The number of anilines is 5. The quantitative estimate of drug-likeness (QED) is 0.0765. The van der Waals surface area contributed by atoms with E-state index < -0.39 is 5.41 Å². The van der Waals surface area contributed by atoms with E-state index in [-0.39, 0.29) is 0 Å². The lowest BCUT2D eigenvalue weighted by Gasteiger charge is -2.35. The maximum absolute atomic E-state index is 4.20. The van der Waals surface area contributed by atoms with Crippen molar-refractivity contribution in [3.05, 3.63) is 305 Å². The van der Waals surface area contributed by atoms with Crippen molar-refractivity contribution in [1.29, 1.82) is 0 Å². The molecule has 0 saturated carbocycles. The lowest BCUT2D eigenvalue weighted by molar-refractivity contribution is 0.768. The highest BCUT2D eigenvalue weighted by molar-refractivity contribution is 6.27. The number of hydrogen-bond acceptors (Lipinski definition) is 2. The van der Waals surface area contributed by atoms with Crippen molar-refractivity contribution >= 4 is 72.9 Å². The number of benzene rings is 11. The van der Waals surface area contributed by atoms with Gasteiger partial charge in [0.2, 0.25) is 0 Å². The summed E-state index contributed by atoms with van der Waals surface area (Å²) >= 11 is 0. The Morgan fingerprint density at radius 3 is 1.74 bits per heavy atom. The molecule has 11 aromatic carbocycles. The molecule has 11 aromatic rings. The van der Waals surface area contributed by atoms with Crippen molar-refractivity contribution in [2.24, 2.45) is 0 Å². The predicted molar refractivity (Wildman–Crippen MR) is 327 cm³/mol. The van der Waals surface area contributed by atoms with Gasteiger partial charge in [0.15, 0.2) is 0 Å². The zero-order valence-electron chi connectivity index (χ0n) is 44.2. The molecule has 13 rings (SSSR count). The van der Waals surface area contributed by atoms with Gasteiger partial charge in [0.1, 0.15) is 0 Å². The summed E-state index contributed by atoms with van der Waals surface area (Å²) < 4.78 is 0. The molecular weight excluding hydrogens is 917 g/mol. The van der Waals surface area contributed by atoms with E-state index in [1.807, 2.05) is 19.9 Å². The largest absolute Gasteiger partial charge is 0.310 e. The maximum atomic E-state index is 4.20. The summed E-state index contributed by atoms with van der Waals surface area (Å²) in [5.74, 6) is 0. The van der Waals surface area contributed by atoms with Gasteiger partial charge in [0.25, 0.3) is 0 Å². The number of para-hydroxylation sites is 3. The Hall–Kier alpha value is -8.98. The van der Waals surface area contributed by atoms with Gasteiger partial charge in [-0.05, 0) is 176 Å². The van der Waals surface area contributed by atoms with Crippen molar-refractivity contribution in [3.8, 4) is 11.1 Å². The van der Waals surface area contributed by atoms with Crippen molar-refractivity contribution in [2.45, 2.75) is 52.9 Å². The van der Waals surface area contributed by atoms with Gasteiger partial charge in [-0.2, -0.15) is 0 Å². The molecule has 0 amide bonds. The first-order valence-electron chi connectivity index (χ1n) is 27.0. The predicted octanol–water partition coefficient (Wildman–Crippen LogP) is 20.2. The van der Waals surface area contributed by atoms with Crippen LogP contribution >= 0.6 is 0 Å². The SMILES string of the molecule is C=C/C(C)=C(\C=C/C)N(c1ccccc1C)c1ccc2ccc3c(/C=C/c4ccc5c(c4)C(c4ccccc4)(c4ccccc4)c4cc(N6c7ccccc7CCc7ccccc76)ccc4-5)ccc4ccc1c2c43.CC. The summed E-state index contributed by atoms with van der Waals surface area (Å²) in [4.78, 5) is 4.93. The van der Waals surface area contributed by atoms with Gasteiger partial charge in [-0.25, -0.2) is 0 Å². The molecular formula is C74H62N2. The first-order chi connectivity index (χ1) is 37.5. The van der Waals surface area contributed by atoms with Gasteiger partial charge in [-0.15, -0.1) is 0 Å². The van der Waals surface area contributed by atoms with Gasteiger partial charge in [0, 0.05) is 33.8 Å². The molecule has 0 aromatic heterocycles. The molecule has 0 unspecified atom stereocenters. The number of nitrogens with zero attached hydrogens (tertiary/aromatic N) is 2. The van der Waals surface area contributed by atoms with Crippen molar-refractivity contribution < 1.29 is 0 Å². The third kappa shape index (κ3) is 7.78. The first-order valence-corrected chi connectivity index (χ1v) is 27.0. The monoisotopic (exact) mass is 978 g/mol. The van der Waals surface area contributed by atoms with E-state index in [4.69, 9.17) is 0 Å². The van der Waals surface area contributed by atoms with Gasteiger partial charge in [0.05, 0.1) is 11.1 Å². The molecule has 2 nitrogen and oxygen atoms in total. The van der Waals surface area contributed by atoms with Crippen LogP contribution in [0.3, 0.4) is 0 Å². The van der Waals surface area contributed by atoms with Crippen LogP contribution in [0.4, 0.5) is 28.4 Å².